The summed E-state index contributed by atoms with van der Waals surface area (Å²) in [5, 5.41) is 5.67. The van der Waals surface area contributed by atoms with E-state index in [2.05, 4.69) is 22.6 Å². The van der Waals surface area contributed by atoms with Gasteiger partial charge in [0.1, 0.15) is 0 Å². The summed E-state index contributed by atoms with van der Waals surface area (Å²) in [6, 6.07) is 0.451. The van der Waals surface area contributed by atoms with Crippen LogP contribution in [0.5, 0.6) is 0 Å². The minimum atomic E-state index is -0.0766. The van der Waals surface area contributed by atoms with Crippen molar-refractivity contribution < 1.29 is 9.59 Å². The number of hydrogen-bond donors (Lipinski definition) is 2. The molecule has 2 aliphatic rings. The van der Waals surface area contributed by atoms with E-state index in [1.165, 1.54) is 25.7 Å². The van der Waals surface area contributed by atoms with Gasteiger partial charge in [0, 0.05) is 19.0 Å². The van der Waals surface area contributed by atoms with Gasteiger partial charge in [-0.3, -0.25) is 9.59 Å². The fourth-order valence-corrected chi connectivity index (χ4v) is 3.44. The molecule has 0 aromatic carbocycles. The molecular weight excluding hydrogens is 266 g/mol. The molecule has 1 aliphatic heterocycles. The van der Waals surface area contributed by atoms with Crippen molar-refractivity contribution in [2.24, 2.45) is 5.92 Å². The van der Waals surface area contributed by atoms with Crippen LogP contribution in [0.1, 0.15) is 51.4 Å². The summed E-state index contributed by atoms with van der Waals surface area (Å²) in [6.45, 7) is 1.91. The normalized spacial score (nSPS) is 24.0. The molecule has 1 saturated heterocycles. The number of nitrogens with zero attached hydrogens (tertiary/aromatic N) is 1. The van der Waals surface area contributed by atoms with Crippen molar-refractivity contribution in [2.45, 2.75) is 57.4 Å². The van der Waals surface area contributed by atoms with Gasteiger partial charge >= 0.3 is 0 Å². The topological polar surface area (TPSA) is 61.4 Å². The predicted molar refractivity (Wildman–Crippen MR) is 82.9 cm³/mol. The van der Waals surface area contributed by atoms with E-state index in [0.29, 0.717) is 24.9 Å². The molecule has 5 nitrogen and oxygen atoms in total. The van der Waals surface area contributed by atoms with Crippen LogP contribution in [0.4, 0.5) is 0 Å². The highest BCUT2D eigenvalue weighted by molar-refractivity contribution is 5.84. The Morgan fingerprint density at radius 1 is 1.00 bits per heavy atom. The van der Waals surface area contributed by atoms with Gasteiger partial charge in [-0.05, 0) is 45.2 Å². The second-order valence-corrected chi connectivity index (χ2v) is 6.57. The predicted octanol–water partition coefficient (Wildman–Crippen LogP) is 1.28. The van der Waals surface area contributed by atoms with Crippen molar-refractivity contribution in [2.75, 3.05) is 26.7 Å². The minimum absolute atomic E-state index is 0.0232. The molecule has 2 amide bonds. The molecule has 1 aliphatic carbocycles. The van der Waals surface area contributed by atoms with Gasteiger partial charge in [0.25, 0.3) is 0 Å². The molecule has 0 unspecified atom stereocenters. The second-order valence-electron chi connectivity index (χ2n) is 6.57. The second kappa shape index (κ2) is 8.37. The third-order valence-corrected chi connectivity index (χ3v) is 4.85. The van der Waals surface area contributed by atoms with Crippen LogP contribution in [0.3, 0.4) is 0 Å². The summed E-state index contributed by atoms with van der Waals surface area (Å²) in [7, 11) is 2.09. The Balaban J connectivity index is 1.56. The number of amides is 2. The first kappa shape index (κ1) is 16.3. The minimum Gasteiger partial charge on any atom is -0.353 e. The van der Waals surface area contributed by atoms with Gasteiger partial charge in [-0.2, -0.15) is 0 Å². The lowest BCUT2D eigenvalue weighted by Crippen LogP contribution is -2.43. The maximum absolute atomic E-state index is 11.8. The summed E-state index contributed by atoms with van der Waals surface area (Å²) in [5.41, 5.74) is 0. The molecule has 21 heavy (non-hydrogen) atoms. The van der Waals surface area contributed by atoms with Gasteiger partial charge in [-0.25, -0.2) is 0 Å². The van der Waals surface area contributed by atoms with Crippen LogP contribution in [-0.2, 0) is 9.59 Å². The van der Waals surface area contributed by atoms with Crippen LogP contribution >= 0.6 is 0 Å². The Labute approximate surface area is 127 Å². The van der Waals surface area contributed by atoms with Crippen molar-refractivity contribution in [3.8, 4) is 0 Å². The highest BCUT2D eigenvalue weighted by atomic mass is 16.2. The number of carbonyl (C=O) groups is 2. The zero-order chi connectivity index (χ0) is 15.1. The van der Waals surface area contributed by atoms with E-state index in [1.807, 2.05) is 0 Å². The van der Waals surface area contributed by atoms with E-state index in [9.17, 15) is 9.59 Å². The molecule has 0 aromatic rings. The third kappa shape index (κ3) is 5.65. The van der Waals surface area contributed by atoms with Crippen LogP contribution < -0.4 is 10.6 Å². The molecule has 1 atom stereocenters. The van der Waals surface area contributed by atoms with E-state index in [-0.39, 0.29) is 18.4 Å². The van der Waals surface area contributed by atoms with Crippen LogP contribution in [0, 0.1) is 5.92 Å². The summed E-state index contributed by atoms with van der Waals surface area (Å²) in [4.78, 5) is 25.9. The zero-order valence-corrected chi connectivity index (χ0v) is 13.2. The molecule has 1 saturated carbocycles. The first-order chi connectivity index (χ1) is 10.1. The Bertz CT molecular complexity index is 353. The molecular formula is C16H29N3O2. The van der Waals surface area contributed by atoms with Gasteiger partial charge in [0.05, 0.1) is 6.54 Å². The van der Waals surface area contributed by atoms with E-state index in [4.69, 9.17) is 0 Å². The molecule has 5 heteroatoms. The Morgan fingerprint density at radius 2 is 1.76 bits per heavy atom. The Morgan fingerprint density at radius 3 is 2.43 bits per heavy atom. The van der Waals surface area contributed by atoms with E-state index in [0.717, 1.165) is 25.8 Å². The smallest absolute Gasteiger partial charge is 0.239 e. The number of hydrogen-bond acceptors (Lipinski definition) is 3. The summed E-state index contributed by atoms with van der Waals surface area (Å²) in [6.07, 6.45) is 9.04. The fraction of sp³-hybridized carbons (Fsp3) is 0.875. The molecule has 120 valence electrons. The SMILES string of the molecule is CN1CCC[C@@H]1CNC(=O)CNC(=O)CC1CCCCC1. The monoisotopic (exact) mass is 295 g/mol. The summed E-state index contributed by atoms with van der Waals surface area (Å²) >= 11 is 0. The Kier molecular flexibility index (Phi) is 6.49. The Hall–Kier alpha value is -1.10. The molecule has 0 aromatic heterocycles. The third-order valence-electron chi connectivity index (χ3n) is 4.85. The van der Waals surface area contributed by atoms with Crippen molar-refractivity contribution in [3.05, 3.63) is 0 Å². The molecule has 1 heterocycles. The lowest BCUT2D eigenvalue weighted by molar-refractivity contribution is -0.126. The molecule has 2 N–H and O–H groups in total. The highest BCUT2D eigenvalue weighted by Gasteiger charge is 2.21. The molecule has 2 fully saturated rings. The molecule has 2 rings (SSSR count). The van der Waals surface area contributed by atoms with Gasteiger partial charge in [0.2, 0.25) is 11.8 Å². The largest absolute Gasteiger partial charge is 0.353 e. The lowest BCUT2D eigenvalue weighted by Gasteiger charge is -2.21. The number of rotatable bonds is 6. The molecule has 0 bridgehead atoms. The van der Waals surface area contributed by atoms with Crippen molar-refractivity contribution in [3.63, 3.8) is 0 Å². The van der Waals surface area contributed by atoms with E-state index < -0.39 is 0 Å². The molecule has 0 radical (unpaired) electrons. The average molecular weight is 295 g/mol. The van der Waals surface area contributed by atoms with Crippen molar-refractivity contribution >= 4 is 11.8 Å². The van der Waals surface area contributed by atoms with Gasteiger partial charge in [0.15, 0.2) is 0 Å². The van der Waals surface area contributed by atoms with Crippen LogP contribution in [0.25, 0.3) is 0 Å². The number of likely N-dealkylation sites (N-methyl/N-ethyl adjacent to an activating group) is 1. The van der Waals surface area contributed by atoms with Crippen molar-refractivity contribution in [1.29, 1.82) is 0 Å². The fourth-order valence-electron chi connectivity index (χ4n) is 3.44. The molecule has 0 spiro atoms. The lowest BCUT2D eigenvalue weighted by atomic mass is 9.87. The van der Waals surface area contributed by atoms with Crippen molar-refractivity contribution in [1.82, 2.24) is 15.5 Å². The van der Waals surface area contributed by atoms with Crippen LogP contribution in [0.15, 0.2) is 0 Å². The van der Waals surface area contributed by atoms with Crippen LogP contribution in [-0.4, -0.2) is 49.4 Å². The number of nitrogens with one attached hydrogen (secondary N) is 2. The standard InChI is InChI=1S/C16H29N3O2/c1-19-9-5-8-14(19)11-17-16(21)12-18-15(20)10-13-6-3-2-4-7-13/h13-14H,2-12H2,1H3,(H,17,21)(H,18,20)/t14-/m1/s1. The van der Waals surface area contributed by atoms with Gasteiger partial charge < -0.3 is 15.5 Å². The maximum atomic E-state index is 11.8. The van der Waals surface area contributed by atoms with E-state index in [1.54, 1.807) is 0 Å². The quantitative estimate of drug-likeness (QED) is 0.776. The van der Waals surface area contributed by atoms with Crippen LogP contribution in [0.2, 0.25) is 0 Å². The average Bonchev–Trinajstić information content (AvgIpc) is 2.89. The first-order valence-electron chi connectivity index (χ1n) is 8.39. The number of carbonyl (C=O) groups excluding carboxylic acids is 2. The highest BCUT2D eigenvalue weighted by Crippen LogP contribution is 2.25. The zero-order valence-electron chi connectivity index (χ0n) is 13.2. The van der Waals surface area contributed by atoms with E-state index >= 15 is 0 Å². The summed E-state index contributed by atoms with van der Waals surface area (Å²) in [5.74, 6) is 0.469. The number of likely N-dealkylation sites (tertiary alicyclic amines) is 1. The van der Waals surface area contributed by atoms with Gasteiger partial charge in [-0.15, -0.1) is 0 Å². The van der Waals surface area contributed by atoms with Gasteiger partial charge in [-0.1, -0.05) is 19.3 Å². The first-order valence-corrected chi connectivity index (χ1v) is 8.39. The maximum Gasteiger partial charge on any atom is 0.239 e. The summed E-state index contributed by atoms with van der Waals surface area (Å²) < 4.78 is 0.